The Labute approximate surface area is 240 Å². The SMILES string of the molecule is CC(C)[C@@H](C(=O)Nc1ccc(Cl)c(Cl)c1)N1C(=O)[C@@H]2[C@@H](C1=O)C1(Cl)c3ccccc3C2(Cl)c2ccccc21. The molecule has 5 nitrogen and oxygen atoms in total. The average Bonchev–Trinajstić information content (AvgIpc) is 3.16. The van der Waals surface area contributed by atoms with Gasteiger partial charge in [0.2, 0.25) is 17.7 Å². The fourth-order valence-corrected chi connectivity index (χ4v) is 7.87. The van der Waals surface area contributed by atoms with E-state index in [4.69, 9.17) is 46.4 Å². The lowest BCUT2D eigenvalue weighted by Gasteiger charge is -2.54. The molecular formula is C29H22Cl4N2O3. The van der Waals surface area contributed by atoms with Crippen molar-refractivity contribution in [2.45, 2.75) is 29.6 Å². The van der Waals surface area contributed by atoms with Gasteiger partial charge < -0.3 is 5.32 Å². The molecule has 3 amide bonds. The van der Waals surface area contributed by atoms with Crippen molar-refractivity contribution in [2.24, 2.45) is 17.8 Å². The van der Waals surface area contributed by atoms with E-state index in [2.05, 4.69) is 5.32 Å². The summed E-state index contributed by atoms with van der Waals surface area (Å²) >= 11 is 27.1. The molecule has 0 aromatic heterocycles. The zero-order valence-electron chi connectivity index (χ0n) is 20.3. The zero-order valence-corrected chi connectivity index (χ0v) is 23.4. The van der Waals surface area contributed by atoms with Crippen molar-refractivity contribution in [3.05, 3.63) is 99.0 Å². The highest BCUT2D eigenvalue weighted by Gasteiger charge is 2.73. The first kappa shape index (κ1) is 25.7. The van der Waals surface area contributed by atoms with Crippen LogP contribution in [-0.2, 0) is 24.1 Å². The number of alkyl halides is 2. The third kappa shape index (κ3) is 3.22. The molecule has 1 aliphatic heterocycles. The summed E-state index contributed by atoms with van der Waals surface area (Å²) in [6.45, 7) is 3.57. The maximum absolute atomic E-state index is 14.3. The first-order valence-corrected chi connectivity index (χ1v) is 13.7. The van der Waals surface area contributed by atoms with Crippen LogP contribution in [0, 0.1) is 17.8 Å². The van der Waals surface area contributed by atoms with Crippen LogP contribution in [0.4, 0.5) is 5.69 Å². The minimum Gasteiger partial charge on any atom is -0.324 e. The van der Waals surface area contributed by atoms with E-state index in [1.54, 1.807) is 26.0 Å². The topological polar surface area (TPSA) is 66.5 Å². The van der Waals surface area contributed by atoms with E-state index < -0.39 is 51.3 Å². The average molecular weight is 588 g/mol. The van der Waals surface area contributed by atoms with Gasteiger partial charge in [-0.05, 0) is 46.4 Å². The van der Waals surface area contributed by atoms with Gasteiger partial charge in [-0.1, -0.05) is 85.6 Å². The fourth-order valence-electron chi connectivity index (χ4n) is 6.47. The van der Waals surface area contributed by atoms with Crippen LogP contribution in [0.5, 0.6) is 0 Å². The highest BCUT2D eigenvalue weighted by Crippen LogP contribution is 2.69. The number of anilines is 1. The van der Waals surface area contributed by atoms with Crippen molar-refractivity contribution in [3.63, 3.8) is 0 Å². The Morgan fingerprint density at radius 1 is 0.789 bits per heavy atom. The number of nitrogens with one attached hydrogen (secondary N) is 1. The number of nitrogens with zero attached hydrogens (tertiary/aromatic N) is 1. The van der Waals surface area contributed by atoms with E-state index in [0.717, 1.165) is 4.90 Å². The molecule has 4 aliphatic rings. The number of imide groups is 1. The largest absolute Gasteiger partial charge is 0.324 e. The second-order valence-corrected chi connectivity index (χ2v) is 12.3. The van der Waals surface area contributed by atoms with Crippen LogP contribution in [0.1, 0.15) is 36.1 Å². The van der Waals surface area contributed by atoms with Crippen LogP contribution < -0.4 is 5.32 Å². The predicted molar refractivity (Wildman–Crippen MR) is 149 cm³/mol. The summed E-state index contributed by atoms with van der Waals surface area (Å²) in [5.41, 5.74) is 3.23. The fraction of sp³-hybridized carbons (Fsp3) is 0.276. The van der Waals surface area contributed by atoms with Crippen LogP contribution in [0.3, 0.4) is 0 Å². The van der Waals surface area contributed by atoms with Crippen molar-refractivity contribution >= 4 is 69.8 Å². The van der Waals surface area contributed by atoms with Gasteiger partial charge in [0.25, 0.3) is 0 Å². The molecule has 0 radical (unpaired) electrons. The smallest absolute Gasteiger partial charge is 0.247 e. The number of hydrogen-bond donors (Lipinski definition) is 1. The Morgan fingerprint density at radius 3 is 1.63 bits per heavy atom. The Bertz CT molecular complexity index is 1420. The molecule has 1 saturated heterocycles. The summed E-state index contributed by atoms with van der Waals surface area (Å²) in [7, 11) is 0. The van der Waals surface area contributed by atoms with E-state index in [0.29, 0.717) is 33.0 Å². The first-order chi connectivity index (χ1) is 18.0. The maximum atomic E-state index is 14.3. The Balaban J connectivity index is 1.47. The van der Waals surface area contributed by atoms with Gasteiger partial charge in [-0.15, -0.1) is 23.2 Å². The number of hydrogen-bond acceptors (Lipinski definition) is 3. The number of rotatable bonds is 4. The van der Waals surface area contributed by atoms with Crippen LogP contribution >= 0.6 is 46.4 Å². The van der Waals surface area contributed by atoms with E-state index >= 15 is 0 Å². The molecular weight excluding hydrogens is 566 g/mol. The lowest BCUT2D eigenvalue weighted by molar-refractivity contribution is -0.148. The second kappa shape index (κ2) is 8.72. The minimum atomic E-state index is -1.31. The molecule has 194 valence electrons. The summed E-state index contributed by atoms with van der Waals surface area (Å²) in [6.07, 6.45) is 0. The third-order valence-electron chi connectivity index (χ3n) is 7.98. The van der Waals surface area contributed by atoms with E-state index in [9.17, 15) is 14.4 Å². The quantitative estimate of drug-likeness (QED) is 0.278. The van der Waals surface area contributed by atoms with Gasteiger partial charge in [-0.3, -0.25) is 19.3 Å². The summed E-state index contributed by atoms with van der Waals surface area (Å²) in [6, 6.07) is 18.4. The van der Waals surface area contributed by atoms with E-state index in [1.165, 1.54) is 6.07 Å². The molecule has 3 atom stereocenters. The zero-order chi connectivity index (χ0) is 27.1. The Morgan fingerprint density at radius 2 is 1.24 bits per heavy atom. The monoisotopic (exact) mass is 586 g/mol. The first-order valence-electron chi connectivity index (χ1n) is 12.2. The van der Waals surface area contributed by atoms with Crippen molar-refractivity contribution < 1.29 is 14.4 Å². The van der Waals surface area contributed by atoms with Gasteiger partial charge in [-0.2, -0.15) is 0 Å². The van der Waals surface area contributed by atoms with Crippen molar-refractivity contribution in [1.82, 2.24) is 4.90 Å². The van der Waals surface area contributed by atoms with Gasteiger partial charge in [0.05, 0.1) is 21.9 Å². The number of likely N-dealkylation sites (tertiary alicyclic amines) is 1. The van der Waals surface area contributed by atoms with Gasteiger partial charge in [0, 0.05) is 5.69 Å². The van der Waals surface area contributed by atoms with Gasteiger partial charge >= 0.3 is 0 Å². The molecule has 0 unspecified atom stereocenters. The molecule has 3 aromatic carbocycles. The van der Waals surface area contributed by atoms with Gasteiger partial charge in [-0.25, -0.2) is 0 Å². The van der Waals surface area contributed by atoms with Gasteiger partial charge in [0.1, 0.15) is 15.8 Å². The second-order valence-electron chi connectivity index (χ2n) is 10.3. The normalized spacial score (nSPS) is 27.7. The van der Waals surface area contributed by atoms with Crippen LogP contribution in [-0.4, -0.2) is 28.7 Å². The highest BCUT2D eigenvalue weighted by atomic mass is 35.5. The number of halogens is 4. The number of carbonyl (C=O) groups excluding carboxylic acids is 3. The van der Waals surface area contributed by atoms with E-state index in [-0.39, 0.29) is 5.02 Å². The molecule has 0 spiro atoms. The molecule has 1 heterocycles. The molecule has 38 heavy (non-hydrogen) atoms. The molecule has 3 aliphatic carbocycles. The lowest BCUT2D eigenvalue weighted by Crippen LogP contribution is -2.57. The van der Waals surface area contributed by atoms with Crippen LogP contribution in [0.25, 0.3) is 0 Å². The summed E-state index contributed by atoms with van der Waals surface area (Å²) in [4.78, 5) is 40.6. The summed E-state index contributed by atoms with van der Waals surface area (Å²) < 4.78 is 0. The lowest BCUT2D eigenvalue weighted by atomic mass is 9.54. The molecule has 1 N–H and O–H groups in total. The Hall–Kier alpha value is -2.57. The predicted octanol–water partition coefficient (Wildman–Crippen LogP) is 6.55. The van der Waals surface area contributed by atoms with Gasteiger partial charge in [0.15, 0.2) is 0 Å². The van der Waals surface area contributed by atoms with Crippen molar-refractivity contribution in [1.29, 1.82) is 0 Å². The highest BCUT2D eigenvalue weighted by molar-refractivity contribution is 6.42. The van der Waals surface area contributed by atoms with Crippen LogP contribution in [0.15, 0.2) is 66.7 Å². The summed E-state index contributed by atoms with van der Waals surface area (Å²) in [5, 5.41) is 3.40. The molecule has 3 aromatic rings. The summed E-state index contributed by atoms with van der Waals surface area (Å²) in [5.74, 6) is -3.88. The van der Waals surface area contributed by atoms with Crippen LogP contribution in [0.2, 0.25) is 10.0 Å². The van der Waals surface area contributed by atoms with Crippen molar-refractivity contribution in [2.75, 3.05) is 5.32 Å². The molecule has 2 bridgehead atoms. The molecule has 0 saturated carbocycles. The molecule has 1 fully saturated rings. The molecule has 9 heteroatoms. The van der Waals surface area contributed by atoms with Crippen molar-refractivity contribution in [3.8, 4) is 0 Å². The molecule has 7 rings (SSSR count). The van der Waals surface area contributed by atoms with E-state index in [1.807, 2.05) is 48.5 Å². The minimum absolute atomic E-state index is 0.269. The number of amides is 3. The Kier molecular flexibility index (Phi) is 5.90. The number of carbonyl (C=O) groups is 3. The third-order valence-corrected chi connectivity index (χ3v) is 10.0. The standard InChI is InChI=1S/C29H22Cl4N2O3/c1-14(2)24(25(36)34-15-11-12-20(30)21(31)13-15)35-26(37)22-23(27(35)38)29(33)17-8-4-3-7-16(17)28(22,32)18-9-5-6-10-19(18)29/h3-14,22-24H,1-2H3,(H,34,36)/t22-,23-,24-,28?,29?/m0/s1. The number of benzene rings is 3. The maximum Gasteiger partial charge on any atom is 0.247 e.